The lowest BCUT2D eigenvalue weighted by atomic mass is 9.83. The molecule has 220 valence electrons. The van der Waals surface area contributed by atoms with Crippen LogP contribution in [-0.4, -0.2) is 95.7 Å². The molecular weight excluding hydrogens is 504 g/mol. The summed E-state index contributed by atoms with van der Waals surface area (Å²) >= 11 is 0. The Labute approximate surface area is 239 Å². The first-order chi connectivity index (χ1) is 19.3. The largest absolute Gasteiger partial charge is 0.493 e. The molecular formula is C32H48N4O4. The van der Waals surface area contributed by atoms with Gasteiger partial charge in [0.15, 0.2) is 0 Å². The summed E-state index contributed by atoms with van der Waals surface area (Å²) in [5.41, 5.74) is 3.38. The van der Waals surface area contributed by atoms with Crippen molar-refractivity contribution < 1.29 is 19.4 Å². The number of aliphatic carboxylic acids is 1. The van der Waals surface area contributed by atoms with Gasteiger partial charge >= 0.3 is 5.97 Å². The zero-order valence-electron chi connectivity index (χ0n) is 24.8. The van der Waals surface area contributed by atoms with Crippen molar-refractivity contribution in [2.24, 2.45) is 13.0 Å². The van der Waals surface area contributed by atoms with Crippen LogP contribution < -0.4 is 4.74 Å². The van der Waals surface area contributed by atoms with E-state index < -0.39 is 11.9 Å². The van der Waals surface area contributed by atoms with Crippen molar-refractivity contribution in [2.75, 3.05) is 53.4 Å². The van der Waals surface area contributed by atoms with Gasteiger partial charge in [-0.25, -0.2) is 0 Å². The molecule has 0 aliphatic carbocycles. The minimum absolute atomic E-state index is 0.120. The number of ether oxygens (including phenoxy) is 1. The smallest absolute Gasteiger partial charge is 0.308 e. The maximum absolute atomic E-state index is 13.7. The van der Waals surface area contributed by atoms with Gasteiger partial charge in [-0.15, -0.1) is 0 Å². The maximum Gasteiger partial charge on any atom is 0.308 e. The van der Waals surface area contributed by atoms with Crippen LogP contribution in [0.1, 0.15) is 61.8 Å². The normalized spacial score (nSPS) is 20.6. The lowest BCUT2D eigenvalue weighted by Crippen LogP contribution is -2.45. The molecule has 0 bridgehead atoms. The molecule has 1 fully saturated rings. The number of likely N-dealkylation sites (tertiary alicyclic amines) is 1. The number of nitrogens with zero attached hydrogens (tertiary/aromatic N) is 4. The van der Waals surface area contributed by atoms with E-state index in [2.05, 4.69) is 47.5 Å². The topological polar surface area (TPSA) is 78.2 Å². The molecule has 1 aromatic heterocycles. The standard InChI is InChI=1S/C32H48N4O4/c1-5-6-18-35(19-8-7-16-33(2)3)30(37)23-36-22-27(24-11-14-29-25(21-24)15-20-40-29)31(32(38)39)28(36)13-12-26-10-9-17-34(26)4/h9-11,14,17,21,27-28,31H,5-8,12-13,15-16,18-20,22-23H2,1-4H3,(H,38,39)/t27-,28+,31?/m1/s1. The van der Waals surface area contributed by atoms with Crippen LogP contribution in [0.15, 0.2) is 36.5 Å². The third-order valence-electron chi connectivity index (χ3n) is 8.68. The minimum atomic E-state index is -0.778. The van der Waals surface area contributed by atoms with E-state index in [4.69, 9.17) is 4.74 Å². The number of carbonyl (C=O) groups excluding carboxylic acids is 1. The average molecular weight is 553 g/mol. The molecule has 1 saturated heterocycles. The molecule has 8 heteroatoms. The zero-order chi connectivity index (χ0) is 28.6. The molecule has 3 atom stereocenters. The first-order valence-corrected chi connectivity index (χ1v) is 15.0. The monoisotopic (exact) mass is 552 g/mol. The van der Waals surface area contributed by atoms with Crippen molar-refractivity contribution in [2.45, 2.75) is 63.8 Å². The number of unbranched alkanes of at least 4 members (excludes halogenated alkanes) is 2. The number of aryl methyl sites for hydroxylation is 2. The lowest BCUT2D eigenvalue weighted by molar-refractivity contribution is -0.143. The Morgan fingerprint density at radius 3 is 2.58 bits per heavy atom. The van der Waals surface area contributed by atoms with Gasteiger partial charge in [0.25, 0.3) is 0 Å². The number of amides is 1. The molecule has 3 heterocycles. The Morgan fingerprint density at radius 1 is 1.10 bits per heavy atom. The van der Waals surface area contributed by atoms with Crippen LogP contribution in [0.3, 0.4) is 0 Å². The molecule has 0 radical (unpaired) electrons. The fourth-order valence-electron chi connectivity index (χ4n) is 6.39. The van der Waals surface area contributed by atoms with Crippen molar-refractivity contribution in [1.82, 2.24) is 19.3 Å². The highest BCUT2D eigenvalue weighted by Crippen LogP contribution is 2.41. The molecule has 40 heavy (non-hydrogen) atoms. The van der Waals surface area contributed by atoms with Gasteiger partial charge in [-0.05, 0) is 82.1 Å². The maximum atomic E-state index is 13.7. The van der Waals surface area contributed by atoms with Gasteiger partial charge in [0, 0.05) is 57.0 Å². The van der Waals surface area contributed by atoms with E-state index in [0.717, 1.165) is 75.0 Å². The number of hydrogen-bond acceptors (Lipinski definition) is 5. The summed E-state index contributed by atoms with van der Waals surface area (Å²) in [4.78, 5) is 33.0. The van der Waals surface area contributed by atoms with Crippen molar-refractivity contribution in [1.29, 1.82) is 0 Å². The molecule has 2 aromatic rings. The van der Waals surface area contributed by atoms with Crippen LogP contribution in [0, 0.1) is 5.92 Å². The van der Waals surface area contributed by atoms with E-state index in [-0.39, 0.29) is 24.4 Å². The van der Waals surface area contributed by atoms with Crippen molar-refractivity contribution in [3.05, 3.63) is 53.3 Å². The van der Waals surface area contributed by atoms with Crippen molar-refractivity contribution in [3.8, 4) is 5.75 Å². The van der Waals surface area contributed by atoms with E-state index in [1.54, 1.807) is 0 Å². The zero-order valence-corrected chi connectivity index (χ0v) is 24.8. The summed E-state index contributed by atoms with van der Waals surface area (Å²) in [6.45, 7) is 6.19. The number of aromatic nitrogens is 1. The van der Waals surface area contributed by atoms with E-state index in [1.807, 2.05) is 36.3 Å². The molecule has 4 rings (SSSR count). The predicted molar refractivity (Wildman–Crippen MR) is 158 cm³/mol. The fraction of sp³-hybridized carbons (Fsp3) is 0.625. The molecule has 2 aliphatic rings. The van der Waals surface area contributed by atoms with Gasteiger partial charge < -0.3 is 24.2 Å². The van der Waals surface area contributed by atoms with E-state index >= 15 is 0 Å². The average Bonchev–Trinajstić information content (AvgIpc) is 3.64. The summed E-state index contributed by atoms with van der Waals surface area (Å²) in [6, 6.07) is 10.1. The van der Waals surface area contributed by atoms with Crippen LogP contribution in [0.5, 0.6) is 5.75 Å². The van der Waals surface area contributed by atoms with Crippen molar-refractivity contribution in [3.63, 3.8) is 0 Å². The van der Waals surface area contributed by atoms with E-state index in [1.165, 1.54) is 5.69 Å². The number of carboxylic acid groups (broad SMARTS) is 1. The summed E-state index contributed by atoms with van der Waals surface area (Å²) in [5.74, 6) is -0.493. The molecule has 1 amide bonds. The van der Waals surface area contributed by atoms with Crippen LogP contribution in [-0.2, 0) is 29.5 Å². The Kier molecular flexibility index (Phi) is 10.7. The Bertz CT molecular complexity index is 1130. The number of fused-ring (bicyclic) bond motifs is 1. The first-order valence-electron chi connectivity index (χ1n) is 15.0. The van der Waals surface area contributed by atoms with Gasteiger partial charge in [-0.2, -0.15) is 0 Å². The number of benzene rings is 1. The molecule has 1 N–H and O–H groups in total. The summed E-state index contributed by atoms with van der Waals surface area (Å²) in [6.07, 6.45) is 8.40. The summed E-state index contributed by atoms with van der Waals surface area (Å²) in [5, 5.41) is 10.5. The van der Waals surface area contributed by atoms with Gasteiger partial charge in [-0.1, -0.05) is 25.5 Å². The highest BCUT2D eigenvalue weighted by Gasteiger charge is 2.47. The van der Waals surface area contributed by atoms with E-state index in [0.29, 0.717) is 19.6 Å². The van der Waals surface area contributed by atoms with E-state index in [9.17, 15) is 14.7 Å². The lowest BCUT2D eigenvalue weighted by Gasteiger charge is -2.30. The molecule has 8 nitrogen and oxygen atoms in total. The summed E-state index contributed by atoms with van der Waals surface area (Å²) in [7, 11) is 6.18. The Morgan fingerprint density at radius 2 is 1.88 bits per heavy atom. The van der Waals surface area contributed by atoms with Crippen LogP contribution in [0.25, 0.3) is 0 Å². The SMILES string of the molecule is CCCCN(CCCCN(C)C)C(=O)CN1C[C@H](c2ccc3c(c2)CCO3)C(C(=O)O)[C@@H]1CCc1cccn1C. The Balaban J connectivity index is 1.55. The van der Waals surface area contributed by atoms with Gasteiger partial charge in [0.05, 0.1) is 19.1 Å². The molecule has 1 aromatic carbocycles. The number of carbonyl (C=O) groups is 2. The first kappa shape index (κ1) is 30.1. The number of carboxylic acids is 1. The Hall–Kier alpha value is -2.84. The molecule has 0 spiro atoms. The second kappa shape index (κ2) is 14.2. The molecule has 2 aliphatic heterocycles. The minimum Gasteiger partial charge on any atom is -0.493 e. The summed E-state index contributed by atoms with van der Waals surface area (Å²) < 4.78 is 7.80. The van der Waals surface area contributed by atoms with Crippen molar-refractivity contribution >= 4 is 11.9 Å². The van der Waals surface area contributed by atoms with Crippen LogP contribution in [0.4, 0.5) is 0 Å². The number of hydrogen-bond donors (Lipinski definition) is 1. The fourth-order valence-corrected chi connectivity index (χ4v) is 6.39. The number of rotatable bonds is 15. The second-order valence-electron chi connectivity index (χ2n) is 11.8. The van der Waals surface area contributed by atoms with Crippen LogP contribution in [0.2, 0.25) is 0 Å². The highest BCUT2D eigenvalue weighted by atomic mass is 16.5. The predicted octanol–water partition coefficient (Wildman–Crippen LogP) is 4.03. The third kappa shape index (κ3) is 7.46. The second-order valence-corrected chi connectivity index (χ2v) is 11.8. The van der Waals surface area contributed by atoms with Crippen LogP contribution >= 0.6 is 0 Å². The highest BCUT2D eigenvalue weighted by molar-refractivity contribution is 5.79. The van der Waals surface area contributed by atoms with Gasteiger partial charge in [0.1, 0.15) is 5.75 Å². The third-order valence-corrected chi connectivity index (χ3v) is 8.68. The molecule has 1 unspecified atom stereocenters. The molecule has 0 saturated carbocycles. The quantitative estimate of drug-likeness (QED) is 0.336. The van der Waals surface area contributed by atoms with Gasteiger partial charge in [-0.3, -0.25) is 14.5 Å². The van der Waals surface area contributed by atoms with Gasteiger partial charge in [0.2, 0.25) is 5.91 Å².